The molecule has 0 spiro atoms. The Morgan fingerprint density at radius 1 is 1.17 bits per heavy atom. The van der Waals surface area contributed by atoms with Gasteiger partial charge in [-0.15, -0.1) is 11.8 Å². The molecule has 0 aliphatic rings. The number of thioether (sulfide) groups is 1. The van der Waals surface area contributed by atoms with E-state index < -0.39 is 22.5 Å². The van der Waals surface area contributed by atoms with Gasteiger partial charge in [0.05, 0.1) is 32.4 Å². The smallest absolute Gasteiger partial charge is 0.260 e. The van der Waals surface area contributed by atoms with Gasteiger partial charge in [0.2, 0.25) is 10.0 Å². The van der Waals surface area contributed by atoms with Crippen molar-refractivity contribution in [3.05, 3.63) is 48.0 Å². The van der Waals surface area contributed by atoms with Crippen LogP contribution in [0.2, 0.25) is 0 Å². The monoisotopic (exact) mass is 437 g/mol. The fourth-order valence-corrected chi connectivity index (χ4v) is 3.67. The summed E-state index contributed by atoms with van der Waals surface area (Å²) in [6.07, 6.45) is 4.48. The van der Waals surface area contributed by atoms with Crippen LogP contribution in [0.5, 0.6) is 11.5 Å². The molecule has 0 saturated carbocycles. The minimum atomic E-state index is -3.77. The molecule has 1 amide bonds. The third-order valence-corrected chi connectivity index (χ3v) is 5.73. The minimum Gasteiger partial charge on any atom is -0.497 e. The van der Waals surface area contributed by atoms with Crippen LogP contribution in [-0.4, -0.2) is 53.8 Å². The SMILES string of the molecule is COc1ccc(OC)c(N(CC(=O)N/N=C\c2ccc(SC)cc2)S(C)(=O)=O)c1. The zero-order chi connectivity index (χ0) is 21.4. The summed E-state index contributed by atoms with van der Waals surface area (Å²) in [5.41, 5.74) is 3.34. The standard InChI is InChI=1S/C19H23N3O5S2/c1-26-15-7-10-18(27-2)17(11-15)22(29(4,24)25)13-19(23)21-20-12-14-5-8-16(28-3)9-6-14/h5-12H,13H2,1-4H3,(H,21,23)/b20-12-. The zero-order valence-corrected chi connectivity index (χ0v) is 18.2. The summed E-state index contributed by atoms with van der Waals surface area (Å²) in [6, 6.07) is 12.3. The normalized spacial score (nSPS) is 11.3. The van der Waals surface area contributed by atoms with Crippen molar-refractivity contribution < 1.29 is 22.7 Å². The molecule has 0 aliphatic carbocycles. The van der Waals surface area contributed by atoms with E-state index >= 15 is 0 Å². The predicted molar refractivity (Wildman–Crippen MR) is 116 cm³/mol. The highest BCUT2D eigenvalue weighted by Gasteiger charge is 2.24. The lowest BCUT2D eigenvalue weighted by Crippen LogP contribution is -2.39. The van der Waals surface area contributed by atoms with Gasteiger partial charge in [0.1, 0.15) is 18.0 Å². The van der Waals surface area contributed by atoms with Gasteiger partial charge in [-0.05, 0) is 36.1 Å². The van der Waals surface area contributed by atoms with Crippen LogP contribution in [0.4, 0.5) is 5.69 Å². The number of anilines is 1. The highest BCUT2D eigenvalue weighted by Crippen LogP contribution is 2.33. The first kappa shape index (κ1) is 22.6. The number of nitrogens with zero attached hydrogens (tertiary/aromatic N) is 2. The maximum atomic E-state index is 12.3. The molecule has 0 aromatic heterocycles. The van der Waals surface area contributed by atoms with E-state index in [9.17, 15) is 13.2 Å². The van der Waals surface area contributed by atoms with Crippen molar-refractivity contribution in [1.82, 2.24) is 5.43 Å². The van der Waals surface area contributed by atoms with Gasteiger partial charge in [-0.2, -0.15) is 5.10 Å². The second-order valence-electron chi connectivity index (χ2n) is 5.87. The van der Waals surface area contributed by atoms with E-state index in [4.69, 9.17) is 9.47 Å². The van der Waals surface area contributed by atoms with Gasteiger partial charge in [0, 0.05) is 11.0 Å². The molecule has 0 saturated heterocycles. The summed E-state index contributed by atoms with van der Waals surface area (Å²) in [7, 11) is -0.896. The van der Waals surface area contributed by atoms with E-state index in [0.29, 0.717) is 11.5 Å². The molecule has 29 heavy (non-hydrogen) atoms. The molecule has 10 heteroatoms. The predicted octanol–water partition coefficient (Wildman–Crippen LogP) is 2.34. The van der Waals surface area contributed by atoms with Crippen molar-refractivity contribution in [2.45, 2.75) is 4.90 Å². The number of carbonyl (C=O) groups is 1. The van der Waals surface area contributed by atoms with E-state index in [1.54, 1.807) is 23.9 Å². The van der Waals surface area contributed by atoms with Gasteiger partial charge < -0.3 is 9.47 Å². The van der Waals surface area contributed by atoms with E-state index in [1.165, 1.54) is 26.5 Å². The van der Waals surface area contributed by atoms with E-state index in [-0.39, 0.29) is 5.69 Å². The lowest BCUT2D eigenvalue weighted by Gasteiger charge is -2.23. The Morgan fingerprint density at radius 2 is 1.86 bits per heavy atom. The first-order valence-electron chi connectivity index (χ1n) is 8.44. The van der Waals surface area contributed by atoms with Gasteiger partial charge in [-0.1, -0.05) is 12.1 Å². The summed E-state index contributed by atoms with van der Waals surface area (Å²) in [4.78, 5) is 13.4. The maximum Gasteiger partial charge on any atom is 0.260 e. The average molecular weight is 438 g/mol. The van der Waals surface area contributed by atoms with Crippen LogP contribution in [0, 0.1) is 0 Å². The Morgan fingerprint density at radius 3 is 2.41 bits per heavy atom. The third kappa shape index (κ3) is 6.40. The fraction of sp³-hybridized carbons (Fsp3) is 0.263. The fourth-order valence-electron chi connectivity index (χ4n) is 2.41. The molecule has 0 fully saturated rings. The molecule has 0 aliphatic heterocycles. The number of hydrogen-bond donors (Lipinski definition) is 1. The number of methoxy groups -OCH3 is 2. The molecule has 2 aromatic rings. The van der Waals surface area contributed by atoms with Crippen LogP contribution < -0.4 is 19.2 Å². The Kier molecular flexibility index (Phi) is 7.91. The van der Waals surface area contributed by atoms with Crippen LogP contribution in [-0.2, 0) is 14.8 Å². The Labute approximate surface area is 174 Å². The van der Waals surface area contributed by atoms with Crippen LogP contribution >= 0.6 is 11.8 Å². The second kappa shape index (κ2) is 10.2. The number of hydrazone groups is 1. The molecular weight excluding hydrogens is 414 g/mol. The highest BCUT2D eigenvalue weighted by atomic mass is 32.2. The number of rotatable bonds is 9. The molecule has 8 nitrogen and oxygen atoms in total. The minimum absolute atomic E-state index is 0.195. The molecular formula is C19H23N3O5S2. The van der Waals surface area contributed by atoms with Crippen molar-refractivity contribution in [2.75, 3.05) is 37.6 Å². The van der Waals surface area contributed by atoms with Gasteiger partial charge >= 0.3 is 0 Å². The molecule has 0 unspecified atom stereocenters. The molecule has 0 atom stereocenters. The molecule has 0 radical (unpaired) electrons. The van der Waals surface area contributed by atoms with Crippen LogP contribution in [0.3, 0.4) is 0 Å². The van der Waals surface area contributed by atoms with Crippen LogP contribution in [0.25, 0.3) is 0 Å². The molecule has 156 valence electrons. The summed E-state index contributed by atoms with van der Waals surface area (Å²) in [5.74, 6) is 0.125. The second-order valence-corrected chi connectivity index (χ2v) is 8.66. The van der Waals surface area contributed by atoms with E-state index in [2.05, 4.69) is 10.5 Å². The van der Waals surface area contributed by atoms with Crippen molar-refractivity contribution in [3.63, 3.8) is 0 Å². The number of ether oxygens (including phenoxy) is 2. The number of nitrogens with one attached hydrogen (secondary N) is 1. The summed E-state index contributed by atoms with van der Waals surface area (Å²) < 4.78 is 35.9. The summed E-state index contributed by atoms with van der Waals surface area (Å²) >= 11 is 1.62. The third-order valence-electron chi connectivity index (χ3n) is 3.86. The number of amides is 1. The number of benzene rings is 2. The Balaban J connectivity index is 2.16. The van der Waals surface area contributed by atoms with Gasteiger partial charge in [-0.25, -0.2) is 13.8 Å². The van der Waals surface area contributed by atoms with E-state index in [0.717, 1.165) is 21.0 Å². The van der Waals surface area contributed by atoms with Gasteiger partial charge in [0.15, 0.2) is 0 Å². The van der Waals surface area contributed by atoms with Gasteiger partial charge in [-0.3, -0.25) is 9.10 Å². The molecule has 2 rings (SSSR count). The lowest BCUT2D eigenvalue weighted by atomic mass is 10.2. The average Bonchev–Trinajstić information content (AvgIpc) is 2.71. The number of sulfonamides is 1. The van der Waals surface area contributed by atoms with Crippen molar-refractivity contribution >= 4 is 39.6 Å². The summed E-state index contributed by atoms with van der Waals surface area (Å²) in [6.45, 7) is -0.467. The number of hydrogen-bond acceptors (Lipinski definition) is 7. The first-order chi connectivity index (χ1) is 13.8. The quantitative estimate of drug-likeness (QED) is 0.367. The zero-order valence-electron chi connectivity index (χ0n) is 16.6. The van der Waals surface area contributed by atoms with Crippen molar-refractivity contribution in [2.24, 2.45) is 5.10 Å². The Hall–Kier alpha value is -2.72. The van der Waals surface area contributed by atoms with Gasteiger partial charge in [0.25, 0.3) is 5.91 Å². The highest BCUT2D eigenvalue weighted by molar-refractivity contribution is 7.98. The topological polar surface area (TPSA) is 97.3 Å². The lowest BCUT2D eigenvalue weighted by molar-refractivity contribution is -0.119. The largest absolute Gasteiger partial charge is 0.497 e. The first-order valence-corrected chi connectivity index (χ1v) is 11.5. The molecule has 1 N–H and O–H groups in total. The molecule has 2 aromatic carbocycles. The van der Waals surface area contributed by atoms with E-state index in [1.807, 2.05) is 30.5 Å². The number of carbonyl (C=O) groups excluding carboxylic acids is 1. The van der Waals surface area contributed by atoms with Crippen molar-refractivity contribution in [3.8, 4) is 11.5 Å². The Bertz CT molecular complexity index is 976. The van der Waals surface area contributed by atoms with Crippen molar-refractivity contribution in [1.29, 1.82) is 0 Å². The van der Waals surface area contributed by atoms with Crippen LogP contribution in [0.15, 0.2) is 52.5 Å². The summed E-state index contributed by atoms with van der Waals surface area (Å²) in [5, 5.41) is 3.89. The maximum absolute atomic E-state index is 12.3. The molecule has 0 bridgehead atoms. The molecule has 0 heterocycles. The van der Waals surface area contributed by atoms with Crippen LogP contribution in [0.1, 0.15) is 5.56 Å².